The Morgan fingerprint density at radius 2 is 1.94 bits per heavy atom. The summed E-state index contributed by atoms with van der Waals surface area (Å²) >= 11 is 1.65. The van der Waals surface area contributed by atoms with Crippen LogP contribution in [0, 0.1) is 5.41 Å². The van der Waals surface area contributed by atoms with E-state index in [1.807, 2.05) is 32.9 Å². The largest absolute Gasteiger partial charge is 0.473 e. The van der Waals surface area contributed by atoms with Gasteiger partial charge in [-0.25, -0.2) is 14.1 Å². The Morgan fingerprint density at radius 3 is 2.56 bits per heavy atom. The van der Waals surface area contributed by atoms with Crippen molar-refractivity contribution in [3.8, 4) is 5.88 Å². The molecule has 0 spiro atoms. The number of pyridine rings is 1. The minimum absolute atomic E-state index is 0.171. The Hall–Kier alpha value is -2.30. The monoisotopic (exact) mass is 520 g/mol. The van der Waals surface area contributed by atoms with E-state index in [4.69, 9.17) is 14.2 Å². The summed E-state index contributed by atoms with van der Waals surface area (Å²) in [5.74, 6) is 0.666. The Kier molecular flexibility index (Phi) is 10.0. The van der Waals surface area contributed by atoms with Crippen LogP contribution in [-0.4, -0.2) is 72.4 Å². The van der Waals surface area contributed by atoms with Crippen LogP contribution in [-0.2, 0) is 14.3 Å². The van der Waals surface area contributed by atoms with Crippen molar-refractivity contribution < 1.29 is 23.8 Å². The van der Waals surface area contributed by atoms with Crippen LogP contribution >= 0.6 is 11.9 Å². The van der Waals surface area contributed by atoms with E-state index in [0.29, 0.717) is 11.5 Å². The molecule has 1 aromatic rings. The van der Waals surface area contributed by atoms with Crippen molar-refractivity contribution >= 4 is 23.9 Å². The van der Waals surface area contributed by atoms with Gasteiger partial charge in [-0.3, -0.25) is 4.79 Å². The summed E-state index contributed by atoms with van der Waals surface area (Å²) in [6, 6.07) is 4.04. The molecule has 0 radical (unpaired) electrons. The Labute approximate surface area is 218 Å². The van der Waals surface area contributed by atoms with Crippen molar-refractivity contribution in [1.82, 2.24) is 19.9 Å². The van der Waals surface area contributed by atoms with Gasteiger partial charge in [0.2, 0.25) is 11.8 Å². The van der Waals surface area contributed by atoms with E-state index in [9.17, 15) is 9.59 Å². The lowest BCUT2D eigenvalue weighted by atomic mass is 9.80. The summed E-state index contributed by atoms with van der Waals surface area (Å²) in [5.41, 5.74) is -0.163. The number of aromatic nitrogens is 1. The Balaban J connectivity index is 1.36. The second kappa shape index (κ2) is 12.8. The lowest BCUT2D eigenvalue weighted by Gasteiger charge is -2.38. The number of hydrogen-bond acceptors (Lipinski definition) is 8. The van der Waals surface area contributed by atoms with Gasteiger partial charge in [-0.2, -0.15) is 0 Å². The molecule has 1 aromatic heterocycles. The van der Waals surface area contributed by atoms with Crippen molar-refractivity contribution in [2.24, 2.45) is 5.41 Å². The van der Waals surface area contributed by atoms with Gasteiger partial charge < -0.3 is 24.8 Å². The molecule has 2 fully saturated rings. The van der Waals surface area contributed by atoms with E-state index in [1.54, 1.807) is 18.1 Å². The minimum atomic E-state index is -0.543. The summed E-state index contributed by atoms with van der Waals surface area (Å²) < 4.78 is 18.6. The number of carbonyl (C=O) groups excluding carboxylic acids is 2. The van der Waals surface area contributed by atoms with Gasteiger partial charge >= 0.3 is 6.09 Å². The number of ether oxygens (including phenoxy) is 3. The standard InChI is InChI=1S/C26H40N4O5S/c1-19(16-28-24(32)35-25(2,3)4)18-34-22-7-6-21(17-27-22)36-30-12-10-26(5,11-13-30)23(31)29-20-8-14-33-15-9-20/h6-7,17,20H,1,8-16,18H2,2-5H3,(H,28,32)(H,29,31). The number of hydrogen-bond donors (Lipinski definition) is 2. The van der Waals surface area contributed by atoms with E-state index >= 15 is 0 Å². The number of nitrogens with one attached hydrogen (secondary N) is 2. The first-order valence-electron chi connectivity index (χ1n) is 12.6. The molecule has 0 aromatic carbocycles. The maximum atomic E-state index is 12.9. The molecule has 2 aliphatic rings. The fourth-order valence-corrected chi connectivity index (χ4v) is 4.79. The molecule has 9 nitrogen and oxygen atoms in total. The molecule has 0 saturated carbocycles. The molecule has 2 amide bonds. The predicted molar refractivity (Wildman–Crippen MR) is 140 cm³/mol. The fraction of sp³-hybridized carbons (Fsp3) is 0.654. The summed E-state index contributed by atoms with van der Waals surface area (Å²) in [4.78, 5) is 30.0. The average Bonchev–Trinajstić information content (AvgIpc) is 2.83. The van der Waals surface area contributed by atoms with E-state index in [2.05, 4.69) is 33.4 Å². The van der Waals surface area contributed by atoms with Gasteiger partial charge in [0.1, 0.15) is 12.2 Å². The number of nitrogens with zero attached hydrogens (tertiary/aromatic N) is 2. The second-order valence-corrected chi connectivity index (χ2v) is 11.8. The van der Waals surface area contributed by atoms with Gasteiger partial charge in [0.15, 0.2) is 0 Å². The van der Waals surface area contributed by atoms with Crippen LogP contribution in [0.4, 0.5) is 4.79 Å². The Morgan fingerprint density at radius 1 is 1.25 bits per heavy atom. The smallest absolute Gasteiger partial charge is 0.407 e. The number of alkyl carbamates (subject to hydrolysis) is 1. The predicted octanol–water partition coefficient (Wildman–Crippen LogP) is 3.95. The van der Waals surface area contributed by atoms with Crippen molar-refractivity contribution in [1.29, 1.82) is 0 Å². The average molecular weight is 521 g/mol. The SMILES string of the molecule is C=C(CNC(=O)OC(C)(C)C)COc1ccc(SN2CCC(C)(C(=O)NC3CCOCC3)CC2)cn1. The van der Waals surface area contributed by atoms with Crippen molar-refractivity contribution in [3.05, 3.63) is 30.5 Å². The van der Waals surface area contributed by atoms with Gasteiger partial charge in [0.25, 0.3) is 0 Å². The maximum absolute atomic E-state index is 12.9. The van der Waals surface area contributed by atoms with Crippen LogP contribution in [0.25, 0.3) is 0 Å². The first-order valence-corrected chi connectivity index (χ1v) is 13.3. The molecule has 0 atom stereocenters. The van der Waals surface area contributed by atoms with Crippen molar-refractivity contribution in [2.45, 2.75) is 69.9 Å². The lowest BCUT2D eigenvalue weighted by Crippen LogP contribution is -2.49. The topological polar surface area (TPSA) is 102 Å². The third kappa shape index (κ3) is 9.29. The third-order valence-electron chi connectivity index (χ3n) is 6.18. The maximum Gasteiger partial charge on any atom is 0.407 e. The van der Waals surface area contributed by atoms with Gasteiger partial charge in [-0.15, -0.1) is 0 Å². The molecule has 2 aliphatic heterocycles. The summed E-state index contributed by atoms with van der Waals surface area (Å²) in [5, 5.41) is 5.90. The second-order valence-electron chi connectivity index (χ2n) is 10.7. The molecule has 3 heterocycles. The molecule has 2 saturated heterocycles. The van der Waals surface area contributed by atoms with Crippen molar-refractivity contribution in [3.63, 3.8) is 0 Å². The van der Waals surface area contributed by atoms with Crippen LogP contribution in [0.2, 0.25) is 0 Å². The molecule has 0 unspecified atom stereocenters. The molecule has 10 heteroatoms. The first kappa shape index (κ1) is 28.3. The zero-order chi connectivity index (χ0) is 26.2. The quantitative estimate of drug-likeness (QED) is 0.373. The Bertz CT molecular complexity index is 889. The molecule has 2 N–H and O–H groups in total. The number of piperidine rings is 1. The van der Waals surface area contributed by atoms with Crippen LogP contribution in [0.5, 0.6) is 5.88 Å². The van der Waals surface area contributed by atoms with Crippen molar-refractivity contribution in [2.75, 3.05) is 39.5 Å². The molecule has 0 aliphatic carbocycles. The van der Waals surface area contributed by atoms with Gasteiger partial charge in [-0.1, -0.05) is 13.5 Å². The van der Waals surface area contributed by atoms with E-state index in [0.717, 1.165) is 56.9 Å². The van der Waals surface area contributed by atoms with Crippen LogP contribution < -0.4 is 15.4 Å². The molecular weight excluding hydrogens is 480 g/mol. The summed E-state index contributed by atoms with van der Waals surface area (Å²) in [6.45, 7) is 15.1. The highest BCUT2D eigenvalue weighted by atomic mass is 32.2. The fourth-order valence-electron chi connectivity index (χ4n) is 3.89. The van der Waals surface area contributed by atoms with Crippen LogP contribution in [0.15, 0.2) is 35.4 Å². The highest BCUT2D eigenvalue weighted by molar-refractivity contribution is 7.97. The van der Waals surface area contributed by atoms with Gasteiger partial charge in [0, 0.05) is 61.5 Å². The van der Waals surface area contributed by atoms with Crippen LogP contribution in [0.3, 0.4) is 0 Å². The van der Waals surface area contributed by atoms with E-state index in [1.165, 1.54) is 0 Å². The lowest BCUT2D eigenvalue weighted by molar-refractivity contribution is -0.133. The molecule has 36 heavy (non-hydrogen) atoms. The van der Waals surface area contributed by atoms with E-state index in [-0.39, 0.29) is 30.5 Å². The summed E-state index contributed by atoms with van der Waals surface area (Å²) in [6.07, 6.45) is 4.74. The molecule has 200 valence electrons. The normalized spacial score (nSPS) is 18.8. The molecular formula is C26H40N4O5S. The van der Waals surface area contributed by atoms with E-state index < -0.39 is 11.7 Å². The first-order chi connectivity index (χ1) is 17.0. The summed E-state index contributed by atoms with van der Waals surface area (Å²) in [7, 11) is 0. The molecule has 0 bridgehead atoms. The number of carbonyl (C=O) groups is 2. The highest BCUT2D eigenvalue weighted by Gasteiger charge is 2.38. The highest BCUT2D eigenvalue weighted by Crippen LogP contribution is 2.36. The minimum Gasteiger partial charge on any atom is -0.473 e. The van der Waals surface area contributed by atoms with Gasteiger partial charge in [0.05, 0.1) is 0 Å². The van der Waals surface area contributed by atoms with Crippen LogP contribution in [0.1, 0.15) is 53.4 Å². The number of amides is 2. The zero-order valence-electron chi connectivity index (χ0n) is 21.9. The van der Waals surface area contributed by atoms with Gasteiger partial charge in [-0.05, 0) is 70.0 Å². The zero-order valence-corrected chi connectivity index (χ0v) is 22.7. The molecule has 3 rings (SSSR count). The third-order valence-corrected chi connectivity index (χ3v) is 7.26. The number of rotatable bonds is 9.